The second-order valence-electron chi connectivity index (χ2n) is 3.84. The summed E-state index contributed by atoms with van der Waals surface area (Å²) in [5, 5.41) is 9.67. The number of hydrogen-bond donors (Lipinski definition) is 1. The van der Waals surface area contributed by atoms with Crippen LogP contribution in [-0.4, -0.2) is 29.3 Å². The topological polar surface area (TPSA) is 47.0 Å². The molecule has 0 saturated carbocycles. The summed E-state index contributed by atoms with van der Waals surface area (Å²) in [6.07, 6.45) is 2.37. The highest BCUT2D eigenvalue weighted by Gasteiger charge is 2.26. The van der Waals surface area contributed by atoms with E-state index in [9.17, 15) is 0 Å². The predicted molar refractivity (Wildman–Crippen MR) is 59.9 cm³/mol. The van der Waals surface area contributed by atoms with Crippen molar-refractivity contribution in [2.45, 2.75) is 25.8 Å². The molecule has 0 amide bonds. The molecule has 2 atom stereocenters. The SMILES string of the molecule is CCNC(c1csnn1)C1CCCOC1. The van der Waals surface area contributed by atoms with Crippen molar-refractivity contribution in [1.29, 1.82) is 0 Å². The van der Waals surface area contributed by atoms with E-state index in [4.69, 9.17) is 4.74 Å². The molecule has 0 aliphatic carbocycles. The summed E-state index contributed by atoms with van der Waals surface area (Å²) in [5.74, 6) is 0.544. The third-order valence-electron chi connectivity index (χ3n) is 2.79. The first-order valence-electron chi connectivity index (χ1n) is 5.50. The maximum Gasteiger partial charge on any atom is 0.0928 e. The van der Waals surface area contributed by atoms with Crippen LogP contribution in [0.25, 0.3) is 0 Å². The van der Waals surface area contributed by atoms with Crippen LogP contribution in [0.3, 0.4) is 0 Å². The zero-order chi connectivity index (χ0) is 10.5. The standard InChI is InChI=1S/C10H17N3OS/c1-2-11-10(9-7-15-13-12-9)8-4-3-5-14-6-8/h7-8,10-11H,2-6H2,1H3. The predicted octanol–water partition coefficient (Wildman–Crippen LogP) is 1.62. The molecule has 2 heterocycles. The highest BCUT2D eigenvalue weighted by atomic mass is 32.1. The maximum atomic E-state index is 5.52. The number of ether oxygens (including phenoxy) is 1. The monoisotopic (exact) mass is 227 g/mol. The summed E-state index contributed by atoms with van der Waals surface area (Å²) in [6.45, 7) is 4.83. The Labute approximate surface area is 94.2 Å². The van der Waals surface area contributed by atoms with Gasteiger partial charge in [0, 0.05) is 17.9 Å². The van der Waals surface area contributed by atoms with Gasteiger partial charge in [-0.1, -0.05) is 11.4 Å². The van der Waals surface area contributed by atoms with Crippen LogP contribution in [0, 0.1) is 5.92 Å². The van der Waals surface area contributed by atoms with Gasteiger partial charge in [-0.3, -0.25) is 0 Å². The van der Waals surface area contributed by atoms with E-state index in [0.29, 0.717) is 12.0 Å². The van der Waals surface area contributed by atoms with Crippen LogP contribution < -0.4 is 5.32 Å². The van der Waals surface area contributed by atoms with Gasteiger partial charge in [-0.2, -0.15) is 0 Å². The Morgan fingerprint density at radius 2 is 2.67 bits per heavy atom. The Morgan fingerprint density at radius 3 is 3.27 bits per heavy atom. The number of aromatic nitrogens is 2. The van der Waals surface area contributed by atoms with Crippen molar-refractivity contribution in [2.75, 3.05) is 19.8 Å². The molecule has 4 nitrogen and oxygen atoms in total. The molecule has 2 rings (SSSR count). The van der Waals surface area contributed by atoms with Crippen molar-refractivity contribution in [3.05, 3.63) is 11.1 Å². The molecule has 1 saturated heterocycles. The Hall–Kier alpha value is -0.520. The summed E-state index contributed by atoms with van der Waals surface area (Å²) < 4.78 is 9.45. The van der Waals surface area contributed by atoms with E-state index in [1.807, 2.05) is 5.38 Å². The second kappa shape index (κ2) is 5.53. The van der Waals surface area contributed by atoms with Gasteiger partial charge < -0.3 is 10.1 Å². The van der Waals surface area contributed by atoms with Gasteiger partial charge in [0.15, 0.2) is 0 Å². The molecule has 0 radical (unpaired) electrons. The van der Waals surface area contributed by atoms with Gasteiger partial charge >= 0.3 is 0 Å². The number of nitrogens with one attached hydrogen (secondary N) is 1. The van der Waals surface area contributed by atoms with Gasteiger partial charge in [0.2, 0.25) is 0 Å². The normalized spacial score (nSPS) is 23.9. The molecule has 1 fully saturated rings. The Kier molecular flexibility index (Phi) is 4.05. The van der Waals surface area contributed by atoms with Crippen molar-refractivity contribution in [1.82, 2.24) is 14.9 Å². The first-order chi connectivity index (χ1) is 7.42. The molecule has 1 aliphatic heterocycles. The Bertz CT molecular complexity index is 272. The highest BCUT2D eigenvalue weighted by molar-refractivity contribution is 7.03. The van der Waals surface area contributed by atoms with Gasteiger partial charge in [0.05, 0.1) is 18.3 Å². The average molecular weight is 227 g/mol. The molecule has 1 N–H and O–H groups in total. The Balaban J connectivity index is 2.04. The zero-order valence-corrected chi connectivity index (χ0v) is 9.80. The Morgan fingerprint density at radius 1 is 1.73 bits per heavy atom. The van der Waals surface area contributed by atoms with Crippen molar-refractivity contribution in [3.8, 4) is 0 Å². The summed E-state index contributed by atoms with van der Waals surface area (Å²) in [6, 6.07) is 0.314. The van der Waals surface area contributed by atoms with E-state index in [-0.39, 0.29) is 0 Å². The van der Waals surface area contributed by atoms with E-state index in [0.717, 1.165) is 31.9 Å². The number of nitrogens with zero attached hydrogens (tertiary/aromatic N) is 2. The molecule has 15 heavy (non-hydrogen) atoms. The summed E-state index contributed by atoms with van der Waals surface area (Å²) in [7, 11) is 0. The molecule has 1 aliphatic rings. The second-order valence-corrected chi connectivity index (χ2v) is 4.45. The summed E-state index contributed by atoms with van der Waals surface area (Å²) in [5.41, 5.74) is 1.07. The lowest BCUT2D eigenvalue weighted by molar-refractivity contribution is 0.0386. The van der Waals surface area contributed by atoms with Crippen LogP contribution in [-0.2, 0) is 4.74 Å². The molecule has 0 spiro atoms. The van der Waals surface area contributed by atoms with Gasteiger partial charge in [-0.25, -0.2) is 0 Å². The number of hydrogen-bond acceptors (Lipinski definition) is 5. The van der Waals surface area contributed by atoms with Gasteiger partial charge in [0.25, 0.3) is 0 Å². The third kappa shape index (κ3) is 2.74. The lowest BCUT2D eigenvalue weighted by Gasteiger charge is -2.29. The lowest BCUT2D eigenvalue weighted by Crippen LogP contribution is -2.33. The van der Waals surface area contributed by atoms with Gasteiger partial charge in [0.1, 0.15) is 0 Å². The van der Waals surface area contributed by atoms with E-state index in [1.54, 1.807) is 0 Å². The molecule has 5 heteroatoms. The van der Waals surface area contributed by atoms with E-state index < -0.39 is 0 Å². The van der Waals surface area contributed by atoms with Crippen LogP contribution in [0.4, 0.5) is 0 Å². The molecule has 0 aromatic carbocycles. The minimum atomic E-state index is 0.314. The van der Waals surface area contributed by atoms with Gasteiger partial charge in [-0.05, 0) is 30.9 Å². The van der Waals surface area contributed by atoms with E-state index in [1.165, 1.54) is 18.0 Å². The fraction of sp³-hybridized carbons (Fsp3) is 0.800. The fourth-order valence-corrected chi connectivity index (χ4v) is 2.56. The van der Waals surface area contributed by atoms with Crippen molar-refractivity contribution in [3.63, 3.8) is 0 Å². The molecule has 0 bridgehead atoms. The van der Waals surface area contributed by atoms with Crippen molar-refractivity contribution < 1.29 is 4.74 Å². The zero-order valence-electron chi connectivity index (χ0n) is 8.98. The molecule has 1 aromatic rings. The summed E-state index contributed by atoms with van der Waals surface area (Å²) >= 11 is 1.42. The highest BCUT2D eigenvalue weighted by Crippen LogP contribution is 2.27. The number of rotatable bonds is 4. The molecule has 1 aromatic heterocycles. The van der Waals surface area contributed by atoms with Crippen molar-refractivity contribution >= 4 is 11.5 Å². The minimum Gasteiger partial charge on any atom is -0.381 e. The van der Waals surface area contributed by atoms with Gasteiger partial charge in [-0.15, -0.1) is 5.10 Å². The molecule has 84 valence electrons. The minimum absolute atomic E-state index is 0.314. The van der Waals surface area contributed by atoms with Crippen LogP contribution in [0.15, 0.2) is 5.38 Å². The summed E-state index contributed by atoms with van der Waals surface area (Å²) in [4.78, 5) is 0. The lowest BCUT2D eigenvalue weighted by atomic mass is 9.92. The van der Waals surface area contributed by atoms with Crippen LogP contribution >= 0.6 is 11.5 Å². The van der Waals surface area contributed by atoms with Crippen LogP contribution in [0.2, 0.25) is 0 Å². The maximum absolute atomic E-state index is 5.52. The quantitative estimate of drug-likeness (QED) is 0.849. The van der Waals surface area contributed by atoms with E-state index >= 15 is 0 Å². The fourth-order valence-electron chi connectivity index (χ4n) is 2.07. The third-order valence-corrected chi connectivity index (χ3v) is 3.31. The van der Waals surface area contributed by atoms with Crippen molar-refractivity contribution in [2.24, 2.45) is 5.92 Å². The molecule has 2 unspecified atom stereocenters. The smallest absolute Gasteiger partial charge is 0.0928 e. The van der Waals surface area contributed by atoms with Crippen LogP contribution in [0.5, 0.6) is 0 Å². The first kappa shape index (κ1) is 11.0. The molecular formula is C10H17N3OS. The average Bonchev–Trinajstić information content (AvgIpc) is 2.80. The first-order valence-corrected chi connectivity index (χ1v) is 6.33. The van der Waals surface area contributed by atoms with E-state index in [2.05, 4.69) is 21.8 Å². The largest absolute Gasteiger partial charge is 0.381 e. The van der Waals surface area contributed by atoms with Crippen LogP contribution in [0.1, 0.15) is 31.5 Å². The molecular weight excluding hydrogens is 210 g/mol.